The summed E-state index contributed by atoms with van der Waals surface area (Å²) in [6.45, 7) is 1.95. The lowest BCUT2D eigenvalue weighted by atomic mass is 10.2. The molecule has 0 atom stereocenters. The maximum Gasteiger partial charge on any atom is 0.0579 e. The number of rotatable bonds is 0. The van der Waals surface area contributed by atoms with Gasteiger partial charge in [-0.15, -0.1) is 12.6 Å². The van der Waals surface area contributed by atoms with Crippen molar-refractivity contribution >= 4 is 40.2 Å². The molecule has 0 aliphatic heterocycles. The lowest BCUT2D eigenvalue weighted by molar-refractivity contribution is 1.34. The van der Waals surface area contributed by atoms with Crippen LogP contribution in [-0.2, 0) is 0 Å². The minimum atomic E-state index is 0.720. The summed E-state index contributed by atoms with van der Waals surface area (Å²) < 4.78 is 0.937. The summed E-state index contributed by atoms with van der Waals surface area (Å²) in [6, 6.07) is 3.88. The molecule has 0 aliphatic carbocycles. The average Bonchev–Trinajstić information content (AvgIpc) is 1.93. The van der Waals surface area contributed by atoms with Gasteiger partial charge in [-0.3, -0.25) is 0 Å². The Bertz CT molecular complexity index is 233. The Hall–Kier alpha value is 0.340. The van der Waals surface area contributed by atoms with Gasteiger partial charge in [-0.05, 0) is 34.5 Å². The van der Waals surface area contributed by atoms with Crippen LogP contribution in [0.15, 0.2) is 21.5 Å². The second-order valence-corrected chi connectivity index (χ2v) is 3.71. The molecule has 0 saturated carbocycles. The predicted molar refractivity (Wildman–Crippen MR) is 51.1 cm³/mol. The maximum absolute atomic E-state index is 5.88. The van der Waals surface area contributed by atoms with Gasteiger partial charge in [-0.2, -0.15) is 0 Å². The molecule has 54 valence electrons. The van der Waals surface area contributed by atoms with Gasteiger partial charge in [-0.25, -0.2) is 0 Å². The van der Waals surface area contributed by atoms with Gasteiger partial charge in [0, 0.05) is 9.37 Å². The van der Waals surface area contributed by atoms with Gasteiger partial charge >= 0.3 is 0 Å². The third-order valence-electron chi connectivity index (χ3n) is 1.26. The van der Waals surface area contributed by atoms with Gasteiger partial charge in [-0.1, -0.05) is 17.7 Å². The third kappa shape index (κ3) is 1.49. The first kappa shape index (κ1) is 8.44. The zero-order chi connectivity index (χ0) is 7.72. The second kappa shape index (κ2) is 3.16. The van der Waals surface area contributed by atoms with Crippen molar-refractivity contribution in [2.45, 2.75) is 11.8 Å². The van der Waals surface area contributed by atoms with Gasteiger partial charge in [0.1, 0.15) is 0 Å². The molecule has 10 heavy (non-hydrogen) atoms. The molecule has 1 aromatic rings. The van der Waals surface area contributed by atoms with Crippen molar-refractivity contribution in [3.8, 4) is 0 Å². The summed E-state index contributed by atoms with van der Waals surface area (Å²) in [5.41, 5.74) is 1.05. The van der Waals surface area contributed by atoms with E-state index >= 15 is 0 Å². The van der Waals surface area contributed by atoms with Crippen molar-refractivity contribution < 1.29 is 0 Å². The highest BCUT2D eigenvalue weighted by Crippen LogP contribution is 2.30. The van der Waals surface area contributed by atoms with E-state index in [0.29, 0.717) is 0 Å². The maximum atomic E-state index is 5.88. The lowest BCUT2D eigenvalue weighted by Crippen LogP contribution is -1.77. The number of hydrogen-bond acceptors (Lipinski definition) is 1. The standard InChI is InChI=1S/C7H6BrClS/c1-4-2-3-5(8)7(10)6(4)9/h2-3,10H,1H3. The van der Waals surface area contributed by atoms with Gasteiger partial charge < -0.3 is 0 Å². The van der Waals surface area contributed by atoms with Crippen LogP contribution in [0.5, 0.6) is 0 Å². The van der Waals surface area contributed by atoms with E-state index in [1.165, 1.54) is 0 Å². The van der Waals surface area contributed by atoms with E-state index < -0.39 is 0 Å². The van der Waals surface area contributed by atoms with Crippen LogP contribution < -0.4 is 0 Å². The average molecular weight is 238 g/mol. The van der Waals surface area contributed by atoms with Crippen molar-refractivity contribution in [2.24, 2.45) is 0 Å². The quantitative estimate of drug-likeness (QED) is 0.654. The van der Waals surface area contributed by atoms with Crippen LogP contribution in [0, 0.1) is 6.92 Å². The van der Waals surface area contributed by atoms with E-state index in [0.717, 1.165) is 20.0 Å². The zero-order valence-electron chi connectivity index (χ0n) is 5.36. The Balaban J connectivity index is 3.34. The van der Waals surface area contributed by atoms with Crippen molar-refractivity contribution in [3.63, 3.8) is 0 Å². The predicted octanol–water partition coefficient (Wildman–Crippen LogP) is 3.70. The molecule has 0 amide bonds. The Kier molecular flexibility index (Phi) is 2.67. The molecule has 0 heterocycles. The van der Waals surface area contributed by atoms with Crippen LogP contribution in [-0.4, -0.2) is 0 Å². The van der Waals surface area contributed by atoms with Crippen LogP contribution in [0.4, 0.5) is 0 Å². The smallest absolute Gasteiger partial charge is 0.0579 e. The van der Waals surface area contributed by atoms with E-state index in [9.17, 15) is 0 Å². The molecule has 0 fully saturated rings. The van der Waals surface area contributed by atoms with Crippen molar-refractivity contribution in [2.75, 3.05) is 0 Å². The van der Waals surface area contributed by atoms with E-state index in [-0.39, 0.29) is 0 Å². The minimum Gasteiger partial charge on any atom is -0.141 e. The fourth-order valence-corrected chi connectivity index (χ4v) is 1.50. The van der Waals surface area contributed by atoms with Crippen molar-refractivity contribution in [1.82, 2.24) is 0 Å². The lowest BCUT2D eigenvalue weighted by Gasteiger charge is -2.01. The number of thiol groups is 1. The number of aryl methyl sites for hydroxylation is 1. The zero-order valence-corrected chi connectivity index (χ0v) is 8.59. The first-order chi connectivity index (χ1) is 4.63. The normalized spacial score (nSPS) is 10.0. The first-order valence-electron chi connectivity index (χ1n) is 2.76. The SMILES string of the molecule is Cc1ccc(Br)c(S)c1Cl. The van der Waals surface area contributed by atoms with E-state index in [4.69, 9.17) is 11.6 Å². The van der Waals surface area contributed by atoms with Gasteiger partial charge in [0.15, 0.2) is 0 Å². The summed E-state index contributed by atoms with van der Waals surface area (Å²) in [5.74, 6) is 0. The molecule has 1 aromatic carbocycles. The summed E-state index contributed by atoms with van der Waals surface area (Å²) in [7, 11) is 0. The summed E-state index contributed by atoms with van der Waals surface area (Å²) in [4.78, 5) is 0.807. The van der Waals surface area contributed by atoms with Gasteiger partial charge in [0.25, 0.3) is 0 Å². The molecule has 0 unspecified atom stereocenters. The highest BCUT2D eigenvalue weighted by molar-refractivity contribution is 9.10. The van der Waals surface area contributed by atoms with Crippen LogP contribution in [0.1, 0.15) is 5.56 Å². The second-order valence-electron chi connectivity index (χ2n) is 2.03. The fourth-order valence-electron chi connectivity index (χ4n) is 0.642. The van der Waals surface area contributed by atoms with Crippen LogP contribution in [0.2, 0.25) is 5.02 Å². The molecule has 3 heteroatoms. The molecule has 1 rings (SSSR count). The summed E-state index contributed by atoms with van der Waals surface area (Å²) >= 11 is 13.4. The molecule has 0 bridgehead atoms. The van der Waals surface area contributed by atoms with E-state index in [1.54, 1.807) is 0 Å². The van der Waals surface area contributed by atoms with E-state index in [2.05, 4.69) is 28.6 Å². The number of hydrogen-bond donors (Lipinski definition) is 1. The summed E-state index contributed by atoms with van der Waals surface area (Å²) in [6.07, 6.45) is 0. The molecule has 0 spiro atoms. The Morgan fingerprint density at radius 1 is 1.50 bits per heavy atom. The number of halogens is 2. The molecule has 0 radical (unpaired) electrons. The Morgan fingerprint density at radius 3 is 2.60 bits per heavy atom. The summed E-state index contributed by atoms with van der Waals surface area (Å²) in [5, 5.41) is 0.720. The molecule has 0 N–H and O–H groups in total. The van der Waals surface area contributed by atoms with Crippen LogP contribution in [0.3, 0.4) is 0 Å². The third-order valence-corrected chi connectivity index (χ3v) is 3.31. The Labute approximate surface area is 79.1 Å². The molecular formula is C7H6BrClS. The van der Waals surface area contributed by atoms with Crippen LogP contribution >= 0.6 is 40.2 Å². The molecule has 0 saturated heterocycles. The monoisotopic (exact) mass is 236 g/mol. The van der Waals surface area contributed by atoms with Crippen LogP contribution in [0.25, 0.3) is 0 Å². The highest BCUT2D eigenvalue weighted by Gasteiger charge is 2.02. The highest BCUT2D eigenvalue weighted by atomic mass is 79.9. The van der Waals surface area contributed by atoms with Gasteiger partial charge in [0.05, 0.1) is 5.02 Å². The molecule has 0 aromatic heterocycles. The van der Waals surface area contributed by atoms with Gasteiger partial charge in [0.2, 0.25) is 0 Å². The largest absolute Gasteiger partial charge is 0.141 e. The van der Waals surface area contributed by atoms with Crippen molar-refractivity contribution in [3.05, 3.63) is 27.2 Å². The molecule has 0 nitrogen and oxygen atoms in total. The number of benzene rings is 1. The minimum absolute atomic E-state index is 0.720. The van der Waals surface area contributed by atoms with E-state index in [1.807, 2.05) is 19.1 Å². The fraction of sp³-hybridized carbons (Fsp3) is 0.143. The first-order valence-corrected chi connectivity index (χ1v) is 4.38. The molecule has 0 aliphatic rings. The molecular weight excluding hydrogens is 232 g/mol. The van der Waals surface area contributed by atoms with Crippen molar-refractivity contribution in [1.29, 1.82) is 0 Å². The Morgan fingerprint density at radius 2 is 2.10 bits per heavy atom. The topological polar surface area (TPSA) is 0 Å².